The third-order valence-corrected chi connectivity index (χ3v) is 17.0. The minimum atomic E-state index is -1.05. The molecule has 0 atom stereocenters. The van der Waals surface area contributed by atoms with E-state index in [2.05, 4.69) is 188 Å². The van der Waals surface area contributed by atoms with Crippen LogP contribution in [0.2, 0.25) is 0 Å². The summed E-state index contributed by atoms with van der Waals surface area (Å²) in [4.78, 5) is 0. The molecule has 0 unspecified atom stereocenters. The summed E-state index contributed by atoms with van der Waals surface area (Å²) in [5.74, 6) is 0. The van der Waals surface area contributed by atoms with E-state index < -0.39 is 15.4 Å². The number of hydrogen-bond donors (Lipinski definition) is 0. The Morgan fingerprint density at radius 3 is 1.48 bits per heavy atom. The molecule has 0 nitrogen and oxygen atoms in total. The second kappa shape index (κ2) is 13.0. The quantitative estimate of drug-likeness (QED) is 0.121. The average Bonchev–Trinajstić information content (AvgIpc) is 3.59. The number of rotatable bonds is 5. The zero-order chi connectivity index (χ0) is 34.6. The van der Waals surface area contributed by atoms with Crippen molar-refractivity contribution in [2.24, 2.45) is 0 Å². The molecule has 0 radical (unpaired) electrons. The summed E-state index contributed by atoms with van der Waals surface area (Å²) >= 11 is -0.492. The molecule has 0 N–H and O–H groups in total. The molecule has 1 heterocycles. The van der Waals surface area contributed by atoms with Gasteiger partial charge in [-0.25, -0.2) is 0 Å². The Bertz CT molecular complexity index is 2830. The molecule has 1 aliphatic heterocycles. The summed E-state index contributed by atoms with van der Waals surface area (Å²) in [5, 5.41) is 5.15. The Kier molecular flexibility index (Phi) is 7.82. The fourth-order valence-corrected chi connectivity index (χ4v) is 14.2. The van der Waals surface area contributed by atoms with Crippen LogP contribution in [0, 0.1) is 0 Å². The molecule has 0 saturated carbocycles. The van der Waals surface area contributed by atoms with Crippen molar-refractivity contribution in [1.82, 2.24) is 0 Å². The summed E-state index contributed by atoms with van der Waals surface area (Å²) < 4.78 is 4.66. The fraction of sp³-hybridized carbons (Fsp3) is 0. The summed E-state index contributed by atoms with van der Waals surface area (Å²) in [6.45, 7) is 0. The second-order valence-corrected chi connectivity index (χ2v) is 20.2. The van der Waals surface area contributed by atoms with Crippen LogP contribution in [0.1, 0.15) is 0 Å². The van der Waals surface area contributed by atoms with E-state index in [1.165, 1.54) is 92.7 Å². The Labute approximate surface area is 319 Å². The zero-order valence-corrected chi connectivity index (χ0v) is 36.3. The van der Waals surface area contributed by atoms with Gasteiger partial charge in [-0.1, -0.05) is 6.07 Å². The van der Waals surface area contributed by atoms with Crippen LogP contribution in [-0.2, 0) is 0 Å². The maximum atomic E-state index is 2.51. The Morgan fingerprint density at radius 1 is 0.288 bits per heavy atom. The van der Waals surface area contributed by atoms with Crippen LogP contribution < -0.4 is 13.2 Å². The van der Waals surface area contributed by atoms with Gasteiger partial charge in [0.1, 0.15) is 0 Å². The topological polar surface area (TPSA) is 0 Å². The van der Waals surface area contributed by atoms with Crippen molar-refractivity contribution in [3.8, 4) is 66.8 Å². The van der Waals surface area contributed by atoms with E-state index in [1.807, 2.05) is 0 Å². The minimum absolute atomic E-state index is 0.563. The molecule has 1 aliphatic rings. The average molecular weight is 782 g/mol. The SMILES string of the molecule is [GeH3][c]1ccccc1-c1ccccc1-c1cccc2c(-c3ccccc3-c3ccccc3)c3cccc(-c4ccc[c]5c4-c4cccc[c]4[GeH2]5)c3cc12. The second-order valence-electron chi connectivity index (χ2n) is 14.0. The van der Waals surface area contributed by atoms with Gasteiger partial charge in [-0.15, -0.1) is 0 Å². The molecule has 9 aromatic carbocycles. The molecule has 9 aromatic rings. The van der Waals surface area contributed by atoms with Crippen molar-refractivity contribution in [1.29, 1.82) is 0 Å². The van der Waals surface area contributed by atoms with Gasteiger partial charge in [0.15, 0.2) is 0 Å². The maximum absolute atomic E-state index is 2.51. The van der Waals surface area contributed by atoms with E-state index >= 15 is 0 Å². The Hall–Kier alpha value is -5.41. The van der Waals surface area contributed by atoms with Gasteiger partial charge in [-0.3, -0.25) is 0 Å². The van der Waals surface area contributed by atoms with E-state index in [0.717, 1.165) is 0 Å². The summed E-state index contributed by atoms with van der Waals surface area (Å²) in [5.41, 5.74) is 15.8. The van der Waals surface area contributed by atoms with Gasteiger partial charge in [-0.2, -0.15) is 0 Å². The van der Waals surface area contributed by atoms with Crippen LogP contribution in [-0.4, -0.2) is 31.9 Å². The third-order valence-electron chi connectivity index (χ3n) is 11.1. The summed E-state index contributed by atoms with van der Waals surface area (Å²) in [6.07, 6.45) is 0. The van der Waals surface area contributed by atoms with Gasteiger partial charge < -0.3 is 0 Å². The first kappa shape index (κ1) is 31.3. The van der Waals surface area contributed by atoms with Crippen molar-refractivity contribution >= 4 is 66.7 Å². The monoisotopic (exact) mass is 784 g/mol. The first-order chi connectivity index (χ1) is 25.7. The van der Waals surface area contributed by atoms with Gasteiger partial charge in [0.05, 0.1) is 0 Å². The van der Waals surface area contributed by atoms with E-state index in [4.69, 9.17) is 0 Å². The van der Waals surface area contributed by atoms with E-state index in [0.29, 0.717) is 16.5 Å². The fourth-order valence-electron chi connectivity index (χ4n) is 8.74. The predicted octanol–water partition coefficient (Wildman–Crippen LogP) is 9.42. The molecule has 10 rings (SSSR count). The van der Waals surface area contributed by atoms with Crippen LogP contribution in [0.3, 0.4) is 0 Å². The van der Waals surface area contributed by atoms with Crippen LogP contribution in [0.15, 0.2) is 188 Å². The van der Waals surface area contributed by atoms with Gasteiger partial charge in [-0.05, 0) is 0 Å². The zero-order valence-electron chi connectivity index (χ0n) is 29.1. The van der Waals surface area contributed by atoms with Crippen LogP contribution in [0.25, 0.3) is 88.3 Å². The van der Waals surface area contributed by atoms with Gasteiger partial charge in [0.2, 0.25) is 0 Å². The summed E-state index contributed by atoms with van der Waals surface area (Å²) in [6, 6.07) is 70.5. The molecule has 0 bridgehead atoms. The van der Waals surface area contributed by atoms with Crippen LogP contribution in [0.4, 0.5) is 0 Å². The number of fused-ring (bicyclic) bond motifs is 5. The van der Waals surface area contributed by atoms with Gasteiger partial charge in [0, 0.05) is 0 Å². The first-order valence-corrected chi connectivity index (χ1v) is 23.3. The van der Waals surface area contributed by atoms with Crippen molar-refractivity contribution in [2.75, 3.05) is 0 Å². The molecule has 244 valence electrons. The third kappa shape index (κ3) is 5.12. The van der Waals surface area contributed by atoms with Crippen molar-refractivity contribution in [3.63, 3.8) is 0 Å². The molecule has 52 heavy (non-hydrogen) atoms. The van der Waals surface area contributed by atoms with E-state index in [-0.39, 0.29) is 0 Å². The molecule has 0 spiro atoms. The molecule has 2 heteroatoms. The van der Waals surface area contributed by atoms with Gasteiger partial charge >= 0.3 is 315 Å². The normalized spacial score (nSPS) is 12.4. The molecule has 0 aromatic heterocycles. The molecule has 0 aliphatic carbocycles. The van der Waals surface area contributed by atoms with E-state index in [1.54, 1.807) is 8.79 Å². The summed E-state index contributed by atoms with van der Waals surface area (Å²) in [7, 11) is 0. The van der Waals surface area contributed by atoms with Gasteiger partial charge in [0.25, 0.3) is 0 Å². The first-order valence-electron chi connectivity index (χ1n) is 18.2. The number of hydrogen-bond acceptors (Lipinski definition) is 0. The molecule has 0 saturated heterocycles. The molecule has 0 amide bonds. The van der Waals surface area contributed by atoms with Crippen molar-refractivity contribution in [2.45, 2.75) is 0 Å². The Morgan fingerprint density at radius 2 is 0.769 bits per heavy atom. The number of benzene rings is 9. The molecular weight excluding hydrogens is 746 g/mol. The Balaban J connectivity index is 1.34. The van der Waals surface area contributed by atoms with Crippen LogP contribution in [0.5, 0.6) is 0 Å². The van der Waals surface area contributed by atoms with E-state index in [9.17, 15) is 0 Å². The standard InChI is InChI=1S/C50H36Ge2/c51-46-28-10-8-20-38(46)35-19-6-5-18-34(35)36-23-12-25-41-44(36)31-45-37(40-27-14-30-48-50(40)43-22-9-11-29-47(43)52-48)24-13-26-42(45)49(41)39-21-7-4-17-33(39)32-15-2-1-3-16-32/h1-31H,52H2,51H3. The molecular formula is C50H36Ge2. The van der Waals surface area contributed by atoms with Crippen molar-refractivity contribution < 1.29 is 0 Å². The predicted molar refractivity (Wildman–Crippen MR) is 231 cm³/mol. The molecule has 0 fully saturated rings. The van der Waals surface area contributed by atoms with Crippen molar-refractivity contribution in [3.05, 3.63) is 188 Å². The van der Waals surface area contributed by atoms with Crippen LogP contribution >= 0.6 is 0 Å².